The molecular weight excluding hydrogens is 763 g/mol. The summed E-state index contributed by atoms with van der Waals surface area (Å²) in [7, 11) is 7.36. The van der Waals surface area contributed by atoms with Gasteiger partial charge in [-0.2, -0.15) is 0 Å². The second-order valence-electron chi connectivity index (χ2n) is 6.08. The highest BCUT2D eigenvalue weighted by Crippen LogP contribution is 2.25. The highest BCUT2D eigenvalue weighted by Gasteiger charge is 2.04. The predicted octanol–water partition coefficient (Wildman–Crippen LogP) is 8.26. The van der Waals surface area contributed by atoms with Crippen molar-refractivity contribution in [2.45, 2.75) is 12.5 Å². The minimum atomic E-state index is -1.67. The van der Waals surface area contributed by atoms with Crippen LogP contribution in [0.4, 0.5) is 0 Å². The summed E-state index contributed by atoms with van der Waals surface area (Å²) in [5, 5.41) is 12.3. The summed E-state index contributed by atoms with van der Waals surface area (Å²) in [6.07, 6.45) is 3.29. The molecule has 2 aromatic carbocycles. The maximum atomic E-state index is 9.09. The topological polar surface area (TPSA) is 63.1 Å². The molecule has 2 heterocycles. The Kier molecular flexibility index (Phi) is 12.5. The zero-order valence-electron chi connectivity index (χ0n) is 15.8. The second kappa shape index (κ2) is 14.0. The summed E-state index contributed by atoms with van der Waals surface area (Å²) in [5.41, 5.74) is 3.87. The lowest BCUT2D eigenvalue weighted by Crippen LogP contribution is -1.88. The number of aliphatic hydroxyl groups excluding tert-OH is 1. The average molecular weight is 776 g/mol. The molecular formula is C20H13Cl5I2N2O2S. The average Bonchev–Trinajstić information content (AvgIpc) is 2.72. The van der Waals surface area contributed by atoms with Gasteiger partial charge in [0, 0.05) is 57.6 Å². The molecule has 0 fully saturated rings. The van der Waals surface area contributed by atoms with Crippen LogP contribution in [0.15, 0.2) is 48.8 Å². The van der Waals surface area contributed by atoms with Crippen molar-refractivity contribution in [1.29, 1.82) is 0 Å². The van der Waals surface area contributed by atoms with Crippen molar-refractivity contribution < 1.29 is 9.32 Å². The molecule has 12 heteroatoms. The Morgan fingerprint density at radius 2 is 1.22 bits per heavy atom. The molecule has 0 unspecified atom stereocenters. The minimum Gasteiger partial charge on any atom is -0.392 e. The van der Waals surface area contributed by atoms with Crippen LogP contribution in [0.1, 0.15) is 11.1 Å². The van der Waals surface area contributed by atoms with Crippen molar-refractivity contribution in [3.8, 4) is 0 Å². The molecule has 1 N–H and O–H groups in total. The number of aliphatic hydroxyl groups is 1. The van der Waals surface area contributed by atoms with Gasteiger partial charge in [-0.25, -0.2) is 4.21 Å². The molecule has 4 nitrogen and oxygen atoms in total. The Morgan fingerprint density at radius 1 is 0.812 bits per heavy atom. The van der Waals surface area contributed by atoms with E-state index in [0.29, 0.717) is 15.9 Å². The van der Waals surface area contributed by atoms with E-state index in [9.17, 15) is 0 Å². The second-order valence-corrected chi connectivity index (χ2v) is 12.1. The molecule has 4 rings (SSSR count). The Hall–Kier alpha value is 0.280. The van der Waals surface area contributed by atoms with Gasteiger partial charge >= 0.3 is 0 Å². The maximum Gasteiger partial charge on any atom is 0.211 e. The fraction of sp³-hybridized carbons (Fsp3) is 0.100. The van der Waals surface area contributed by atoms with Crippen LogP contribution in [0.25, 0.3) is 21.8 Å². The predicted molar refractivity (Wildman–Crippen MR) is 154 cm³/mol. The van der Waals surface area contributed by atoms with Crippen molar-refractivity contribution in [3.63, 3.8) is 0 Å². The molecule has 0 aliphatic heterocycles. The maximum absolute atomic E-state index is 9.09. The Morgan fingerprint density at radius 3 is 1.62 bits per heavy atom. The van der Waals surface area contributed by atoms with Gasteiger partial charge < -0.3 is 5.11 Å². The highest BCUT2D eigenvalue weighted by molar-refractivity contribution is 14.1. The third kappa shape index (κ3) is 8.81. The van der Waals surface area contributed by atoms with Gasteiger partial charge in [-0.05, 0) is 92.7 Å². The third-order valence-electron chi connectivity index (χ3n) is 3.86. The van der Waals surface area contributed by atoms with Crippen LogP contribution in [-0.4, -0.2) is 19.3 Å². The number of hydrogen-bond acceptors (Lipinski definition) is 4. The number of benzene rings is 2. The number of hydrogen-bond donors (Lipinski definition) is 1. The Bertz CT molecular complexity index is 1170. The standard InChI is InChI=1S/C10H6Cl2IN.C10H7ClINO.Cl2OS/c11-4-6-1-7-3-8(12)5-14-10(7)9(13)2-6;11-8-3-7-1-6(5-14)2-9(12)10(7)13-4-8;1-4(2)3/h1-3,5H,4H2;1-4,14H,5H2;. The summed E-state index contributed by atoms with van der Waals surface area (Å²) in [5.74, 6) is 0.512. The molecule has 0 aliphatic carbocycles. The molecule has 2 aromatic heterocycles. The first-order valence-electron chi connectivity index (χ1n) is 8.53. The highest BCUT2D eigenvalue weighted by atomic mass is 127. The van der Waals surface area contributed by atoms with E-state index in [4.69, 9.17) is 44.1 Å². The summed E-state index contributed by atoms with van der Waals surface area (Å²) in [6.45, 7) is 0.0401. The minimum absolute atomic E-state index is 0.0401. The molecule has 0 atom stereocenters. The Labute approximate surface area is 238 Å². The molecule has 4 aromatic rings. The summed E-state index contributed by atoms with van der Waals surface area (Å²) < 4.78 is 11.2. The van der Waals surface area contributed by atoms with Crippen LogP contribution in [0.5, 0.6) is 0 Å². The zero-order chi connectivity index (χ0) is 23.8. The van der Waals surface area contributed by atoms with Crippen LogP contribution >= 0.6 is 101 Å². The normalized spacial score (nSPS) is 10.5. The van der Waals surface area contributed by atoms with Crippen LogP contribution < -0.4 is 0 Å². The number of fused-ring (bicyclic) bond motifs is 2. The van der Waals surface area contributed by atoms with Crippen molar-refractivity contribution in [2.75, 3.05) is 0 Å². The zero-order valence-corrected chi connectivity index (χ0v) is 24.7. The third-order valence-corrected chi connectivity index (χ3v) is 6.23. The largest absolute Gasteiger partial charge is 0.392 e. The first-order chi connectivity index (χ1) is 15.1. The number of halogens is 7. The first-order valence-corrected chi connectivity index (χ1v) is 14.8. The van der Waals surface area contributed by atoms with E-state index in [1.54, 1.807) is 12.4 Å². The molecule has 32 heavy (non-hydrogen) atoms. The lowest BCUT2D eigenvalue weighted by Gasteiger charge is -2.03. The van der Waals surface area contributed by atoms with Crippen LogP contribution in [0.2, 0.25) is 10.0 Å². The van der Waals surface area contributed by atoms with Crippen molar-refractivity contribution >= 4 is 132 Å². The molecule has 0 amide bonds. The van der Waals surface area contributed by atoms with E-state index in [1.165, 1.54) is 0 Å². The molecule has 170 valence electrons. The summed E-state index contributed by atoms with van der Waals surface area (Å²) >= 11 is 21.9. The fourth-order valence-corrected chi connectivity index (χ4v) is 4.83. The van der Waals surface area contributed by atoms with Gasteiger partial charge in [0.1, 0.15) is 0 Å². The monoisotopic (exact) mass is 774 g/mol. The molecule has 0 bridgehead atoms. The summed E-state index contributed by atoms with van der Waals surface area (Å²) in [6, 6.07) is 11.6. The number of nitrogens with zero attached hydrogens (tertiary/aromatic N) is 2. The van der Waals surface area contributed by atoms with Gasteiger partial charge in [0.15, 0.2) is 0 Å². The van der Waals surface area contributed by atoms with E-state index in [0.717, 1.165) is 40.1 Å². The van der Waals surface area contributed by atoms with Crippen molar-refractivity contribution in [2.24, 2.45) is 0 Å². The van der Waals surface area contributed by atoms with E-state index < -0.39 is 9.23 Å². The van der Waals surface area contributed by atoms with Gasteiger partial charge in [-0.1, -0.05) is 23.2 Å². The lowest BCUT2D eigenvalue weighted by atomic mass is 10.1. The molecule has 0 radical (unpaired) electrons. The SMILES string of the molecule is ClCc1cc(I)c2ncc(Cl)cc2c1.O=S(Cl)Cl.OCc1cc(I)c2ncc(Cl)cc2c1. The number of rotatable bonds is 2. The molecule has 0 saturated heterocycles. The fourth-order valence-electron chi connectivity index (χ4n) is 2.64. The van der Waals surface area contributed by atoms with Crippen LogP contribution in [-0.2, 0) is 21.7 Å². The number of alkyl halides is 1. The van der Waals surface area contributed by atoms with Crippen LogP contribution in [0, 0.1) is 7.14 Å². The molecule has 0 saturated carbocycles. The molecule has 0 spiro atoms. The quantitative estimate of drug-likeness (QED) is 0.127. The van der Waals surface area contributed by atoms with E-state index in [-0.39, 0.29) is 6.61 Å². The van der Waals surface area contributed by atoms with Crippen molar-refractivity contribution in [1.82, 2.24) is 9.97 Å². The van der Waals surface area contributed by atoms with Gasteiger partial charge in [0.05, 0.1) is 27.7 Å². The van der Waals surface area contributed by atoms with Gasteiger partial charge in [0.25, 0.3) is 0 Å². The van der Waals surface area contributed by atoms with E-state index >= 15 is 0 Å². The van der Waals surface area contributed by atoms with E-state index in [2.05, 4.69) is 76.5 Å². The van der Waals surface area contributed by atoms with Crippen LogP contribution in [0.3, 0.4) is 0 Å². The van der Waals surface area contributed by atoms with Gasteiger partial charge in [0.2, 0.25) is 9.23 Å². The number of pyridine rings is 2. The lowest BCUT2D eigenvalue weighted by molar-refractivity contribution is 0.282. The van der Waals surface area contributed by atoms with E-state index in [1.807, 2.05) is 36.4 Å². The first kappa shape index (κ1) is 28.5. The van der Waals surface area contributed by atoms with Crippen molar-refractivity contribution in [3.05, 3.63) is 77.1 Å². The Balaban J connectivity index is 0.000000195. The van der Waals surface area contributed by atoms with Gasteiger partial charge in [-0.15, -0.1) is 11.6 Å². The number of aromatic nitrogens is 2. The smallest absolute Gasteiger partial charge is 0.211 e. The van der Waals surface area contributed by atoms with Gasteiger partial charge in [-0.3, -0.25) is 9.97 Å². The molecule has 0 aliphatic rings. The summed E-state index contributed by atoms with van der Waals surface area (Å²) in [4.78, 5) is 8.51.